The number of hydrogen-bond acceptors (Lipinski definition) is 7. The van der Waals surface area contributed by atoms with Gasteiger partial charge < -0.3 is 10.1 Å². The highest BCUT2D eigenvalue weighted by Crippen LogP contribution is 2.24. The number of anilines is 2. The second kappa shape index (κ2) is 8.86. The summed E-state index contributed by atoms with van der Waals surface area (Å²) >= 11 is 0. The molecule has 4 rings (SSSR count). The first-order chi connectivity index (χ1) is 15.4. The molecule has 0 atom stereocenters. The molecule has 0 fully saturated rings. The molecule has 1 amide bonds. The van der Waals surface area contributed by atoms with Crippen molar-refractivity contribution in [1.29, 1.82) is 0 Å². The van der Waals surface area contributed by atoms with Gasteiger partial charge in [0.2, 0.25) is 11.8 Å². The largest absolute Gasteiger partial charge is 0.439 e. The van der Waals surface area contributed by atoms with Gasteiger partial charge in [0.05, 0.1) is 4.90 Å². The number of nitrogens with zero attached hydrogens (tertiary/aromatic N) is 4. The van der Waals surface area contributed by atoms with Crippen LogP contribution in [-0.2, 0) is 14.8 Å². The van der Waals surface area contributed by atoms with E-state index < -0.39 is 10.0 Å². The van der Waals surface area contributed by atoms with Crippen molar-refractivity contribution in [3.8, 4) is 17.4 Å². The van der Waals surface area contributed by atoms with Gasteiger partial charge in [0.1, 0.15) is 12.1 Å². The Morgan fingerprint density at radius 2 is 1.72 bits per heavy atom. The molecule has 2 aromatic heterocycles. The zero-order chi connectivity index (χ0) is 22.6. The van der Waals surface area contributed by atoms with Gasteiger partial charge >= 0.3 is 0 Å². The van der Waals surface area contributed by atoms with E-state index in [0.717, 1.165) is 0 Å². The van der Waals surface area contributed by atoms with Crippen LogP contribution in [-0.4, -0.2) is 34.1 Å². The van der Waals surface area contributed by atoms with Crippen molar-refractivity contribution < 1.29 is 17.9 Å². The number of ether oxygens (including phenoxy) is 1. The van der Waals surface area contributed by atoms with Crippen molar-refractivity contribution >= 4 is 27.3 Å². The Labute approximate surface area is 184 Å². The molecule has 0 aliphatic heterocycles. The zero-order valence-electron chi connectivity index (χ0n) is 16.8. The Morgan fingerprint density at radius 3 is 2.38 bits per heavy atom. The molecular weight excluding hydrogens is 432 g/mol. The Balaban J connectivity index is 1.43. The maximum atomic E-state index is 12.6. The number of amides is 1. The smallest absolute Gasteiger partial charge is 0.261 e. The topological polar surface area (TPSA) is 128 Å². The fourth-order valence-corrected chi connectivity index (χ4v) is 3.82. The number of carbonyl (C=O) groups excluding carboxylic acids is 1. The molecule has 2 N–H and O–H groups in total. The molecule has 0 saturated heterocycles. The number of hydrogen-bond donors (Lipinski definition) is 2. The lowest BCUT2D eigenvalue weighted by Crippen LogP contribution is -2.13. The molecule has 10 nitrogen and oxygen atoms in total. The van der Waals surface area contributed by atoms with Crippen LogP contribution in [0.5, 0.6) is 11.6 Å². The Bertz CT molecular complexity index is 1320. The summed E-state index contributed by atoms with van der Waals surface area (Å²) in [5, 5.41) is 6.70. The molecule has 0 spiro atoms. The summed E-state index contributed by atoms with van der Waals surface area (Å²) < 4.78 is 35.0. The van der Waals surface area contributed by atoms with Crippen molar-refractivity contribution in [2.75, 3.05) is 10.0 Å². The zero-order valence-corrected chi connectivity index (χ0v) is 17.7. The standard InChI is InChI=1S/C21H18N6O4S/c1-15(28)25-16-5-9-19(10-6-16)32(29,30)26-17-3-7-18(8-4-17)31-21-13-20(22-14-23-21)27-12-2-11-24-27/h2-14,26H,1H3,(H,25,28). The van der Waals surface area contributed by atoms with Crippen molar-refractivity contribution in [2.24, 2.45) is 0 Å². The summed E-state index contributed by atoms with van der Waals surface area (Å²) in [5.41, 5.74) is 0.876. The minimum Gasteiger partial charge on any atom is -0.439 e. The lowest BCUT2D eigenvalue weighted by Gasteiger charge is -2.10. The number of aromatic nitrogens is 4. The van der Waals surface area contributed by atoms with E-state index >= 15 is 0 Å². The second-order valence-electron chi connectivity index (χ2n) is 6.60. The van der Waals surface area contributed by atoms with Gasteiger partial charge in [-0.05, 0) is 54.6 Å². The summed E-state index contributed by atoms with van der Waals surface area (Å²) in [6.45, 7) is 1.38. The van der Waals surface area contributed by atoms with Crippen LogP contribution in [0.4, 0.5) is 11.4 Å². The van der Waals surface area contributed by atoms with Crippen LogP contribution in [0, 0.1) is 0 Å². The molecule has 2 heterocycles. The summed E-state index contributed by atoms with van der Waals surface area (Å²) in [6, 6.07) is 15.7. The Morgan fingerprint density at radius 1 is 1.00 bits per heavy atom. The lowest BCUT2D eigenvalue weighted by molar-refractivity contribution is -0.114. The Hall–Kier alpha value is -4.25. The third-order valence-electron chi connectivity index (χ3n) is 4.18. The van der Waals surface area contributed by atoms with Gasteiger partial charge in [-0.3, -0.25) is 9.52 Å². The van der Waals surface area contributed by atoms with E-state index in [4.69, 9.17) is 4.74 Å². The van der Waals surface area contributed by atoms with E-state index in [1.165, 1.54) is 37.5 Å². The van der Waals surface area contributed by atoms with E-state index in [9.17, 15) is 13.2 Å². The van der Waals surface area contributed by atoms with Crippen LogP contribution in [0.25, 0.3) is 5.82 Å². The molecule has 0 aliphatic carbocycles. The molecule has 162 valence electrons. The van der Waals surface area contributed by atoms with Crippen molar-refractivity contribution in [3.63, 3.8) is 0 Å². The Kier molecular flexibility index (Phi) is 5.81. The van der Waals surface area contributed by atoms with E-state index in [2.05, 4.69) is 25.1 Å². The van der Waals surface area contributed by atoms with E-state index in [0.29, 0.717) is 28.8 Å². The fraction of sp³-hybridized carbons (Fsp3) is 0.0476. The fourth-order valence-electron chi connectivity index (χ4n) is 2.76. The first-order valence-corrected chi connectivity index (χ1v) is 10.9. The number of carbonyl (C=O) groups is 1. The maximum absolute atomic E-state index is 12.6. The molecule has 32 heavy (non-hydrogen) atoms. The van der Waals surface area contributed by atoms with Crippen LogP contribution in [0.15, 0.2) is 84.3 Å². The number of sulfonamides is 1. The number of nitrogens with one attached hydrogen (secondary N) is 2. The molecule has 0 unspecified atom stereocenters. The highest BCUT2D eigenvalue weighted by molar-refractivity contribution is 7.92. The molecule has 2 aromatic carbocycles. The summed E-state index contributed by atoms with van der Waals surface area (Å²) in [5.74, 6) is 1.10. The predicted molar refractivity (Wildman–Crippen MR) is 117 cm³/mol. The third kappa shape index (κ3) is 5.08. The van der Waals surface area contributed by atoms with Gasteiger partial charge in [0.25, 0.3) is 10.0 Å². The summed E-state index contributed by atoms with van der Waals surface area (Å²) in [4.78, 5) is 19.4. The minimum atomic E-state index is -3.79. The van der Waals surface area contributed by atoms with E-state index in [1.807, 2.05) is 0 Å². The molecule has 4 aromatic rings. The van der Waals surface area contributed by atoms with Gasteiger partial charge in [-0.1, -0.05) is 0 Å². The quantitative estimate of drug-likeness (QED) is 0.442. The summed E-state index contributed by atoms with van der Waals surface area (Å²) in [7, 11) is -3.79. The third-order valence-corrected chi connectivity index (χ3v) is 5.58. The van der Waals surface area contributed by atoms with Crippen molar-refractivity contribution in [3.05, 3.63) is 79.4 Å². The summed E-state index contributed by atoms with van der Waals surface area (Å²) in [6.07, 6.45) is 4.76. The monoisotopic (exact) mass is 450 g/mol. The SMILES string of the molecule is CC(=O)Nc1ccc(S(=O)(=O)Nc2ccc(Oc3cc(-n4cccn4)ncn3)cc2)cc1. The van der Waals surface area contributed by atoms with Crippen molar-refractivity contribution in [1.82, 2.24) is 19.7 Å². The first kappa shape index (κ1) is 21.0. The van der Waals surface area contributed by atoms with Gasteiger partial charge in [0.15, 0.2) is 5.82 Å². The number of benzene rings is 2. The van der Waals surface area contributed by atoms with Gasteiger partial charge in [-0.15, -0.1) is 0 Å². The van der Waals surface area contributed by atoms with Gasteiger partial charge in [-0.25, -0.2) is 23.1 Å². The highest BCUT2D eigenvalue weighted by atomic mass is 32.2. The average molecular weight is 450 g/mol. The number of rotatable bonds is 7. The normalized spacial score (nSPS) is 11.0. The van der Waals surface area contributed by atoms with Crippen LogP contribution in [0.2, 0.25) is 0 Å². The molecule has 0 saturated carbocycles. The molecule has 0 aliphatic rings. The average Bonchev–Trinajstić information content (AvgIpc) is 3.30. The molecule has 0 radical (unpaired) electrons. The molecule has 0 bridgehead atoms. The van der Waals surface area contributed by atoms with Crippen LogP contribution < -0.4 is 14.8 Å². The first-order valence-electron chi connectivity index (χ1n) is 9.39. The van der Waals surface area contributed by atoms with Crippen LogP contribution in [0.1, 0.15) is 6.92 Å². The lowest BCUT2D eigenvalue weighted by atomic mass is 10.3. The molecular formula is C21H18N6O4S. The molecule has 11 heteroatoms. The second-order valence-corrected chi connectivity index (χ2v) is 8.28. The van der Waals surface area contributed by atoms with Gasteiger partial charge in [-0.2, -0.15) is 5.10 Å². The van der Waals surface area contributed by atoms with Crippen LogP contribution in [0.3, 0.4) is 0 Å². The van der Waals surface area contributed by atoms with Gasteiger partial charge in [0, 0.05) is 36.8 Å². The minimum absolute atomic E-state index is 0.0686. The van der Waals surface area contributed by atoms with E-state index in [-0.39, 0.29) is 10.8 Å². The predicted octanol–water partition coefficient (Wildman–Crippen LogP) is 3.21. The maximum Gasteiger partial charge on any atom is 0.261 e. The van der Waals surface area contributed by atoms with E-state index in [1.54, 1.807) is 53.5 Å². The highest BCUT2D eigenvalue weighted by Gasteiger charge is 2.14. The van der Waals surface area contributed by atoms with Crippen LogP contribution >= 0.6 is 0 Å². The van der Waals surface area contributed by atoms with Crippen molar-refractivity contribution in [2.45, 2.75) is 11.8 Å².